The lowest BCUT2D eigenvalue weighted by molar-refractivity contribution is -0.123. The van der Waals surface area contributed by atoms with Gasteiger partial charge in [-0.25, -0.2) is 0 Å². The van der Waals surface area contributed by atoms with Crippen LogP contribution in [0.4, 0.5) is 5.69 Å². The SMILES string of the molecule is COc1cccc(OCC(=O)NCC2CCN(c3cccnc3)CC2)c1. The van der Waals surface area contributed by atoms with Gasteiger partial charge < -0.3 is 19.7 Å². The summed E-state index contributed by atoms with van der Waals surface area (Å²) in [5, 5.41) is 2.98. The average molecular weight is 355 g/mol. The van der Waals surface area contributed by atoms with Crippen molar-refractivity contribution < 1.29 is 14.3 Å². The Morgan fingerprint density at radius 2 is 2.04 bits per heavy atom. The van der Waals surface area contributed by atoms with E-state index in [2.05, 4.69) is 21.3 Å². The molecule has 1 saturated heterocycles. The van der Waals surface area contributed by atoms with E-state index < -0.39 is 0 Å². The number of piperidine rings is 1. The molecular formula is C20H25N3O3. The van der Waals surface area contributed by atoms with E-state index in [-0.39, 0.29) is 12.5 Å². The first-order valence-corrected chi connectivity index (χ1v) is 8.93. The molecule has 0 aliphatic carbocycles. The van der Waals surface area contributed by atoms with E-state index in [9.17, 15) is 4.79 Å². The van der Waals surface area contributed by atoms with Crippen molar-refractivity contribution in [3.8, 4) is 11.5 Å². The molecule has 2 aromatic rings. The Morgan fingerprint density at radius 1 is 1.23 bits per heavy atom. The smallest absolute Gasteiger partial charge is 0.257 e. The van der Waals surface area contributed by atoms with E-state index in [4.69, 9.17) is 9.47 Å². The lowest BCUT2D eigenvalue weighted by Gasteiger charge is -2.33. The summed E-state index contributed by atoms with van der Waals surface area (Å²) in [6, 6.07) is 11.3. The van der Waals surface area contributed by atoms with Gasteiger partial charge in [-0.2, -0.15) is 0 Å². The van der Waals surface area contributed by atoms with Gasteiger partial charge in [-0.05, 0) is 43.0 Å². The number of anilines is 1. The number of ether oxygens (including phenoxy) is 2. The number of nitrogens with zero attached hydrogens (tertiary/aromatic N) is 2. The third-order valence-electron chi connectivity index (χ3n) is 4.62. The highest BCUT2D eigenvalue weighted by Gasteiger charge is 2.20. The van der Waals surface area contributed by atoms with Crippen LogP contribution < -0.4 is 19.7 Å². The van der Waals surface area contributed by atoms with Crippen molar-refractivity contribution in [1.29, 1.82) is 0 Å². The minimum atomic E-state index is -0.0949. The average Bonchev–Trinajstić information content (AvgIpc) is 2.72. The predicted molar refractivity (Wildman–Crippen MR) is 101 cm³/mol. The van der Waals surface area contributed by atoms with Crippen LogP contribution in [0.3, 0.4) is 0 Å². The van der Waals surface area contributed by atoms with Crippen LogP contribution in [0.15, 0.2) is 48.8 Å². The van der Waals surface area contributed by atoms with Crippen molar-refractivity contribution in [3.63, 3.8) is 0 Å². The second-order valence-corrected chi connectivity index (χ2v) is 6.41. The van der Waals surface area contributed by atoms with Crippen LogP contribution in [0.2, 0.25) is 0 Å². The first-order chi connectivity index (χ1) is 12.7. The van der Waals surface area contributed by atoms with Gasteiger partial charge in [0.15, 0.2) is 6.61 Å². The monoisotopic (exact) mass is 355 g/mol. The van der Waals surface area contributed by atoms with Gasteiger partial charge in [-0.1, -0.05) is 6.07 Å². The lowest BCUT2D eigenvalue weighted by Crippen LogP contribution is -2.39. The number of aromatic nitrogens is 1. The molecule has 1 amide bonds. The van der Waals surface area contributed by atoms with Gasteiger partial charge in [0.05, 0.1) is 19.0 Å². The molecule has 3 rings (SSSR count). The summed E-state index contributed by atoms with van der Waals surface area (Å²) in [6.45, 7) is 2.70. The van der Waals surface area contributed by atoms with Crippen molar-refractivity contribution in [2.24, 2.45) is 5.92 Å². The number of pyridine rings is 1. The molecule has 0 radical (unpaired) electrons. The standard InChI is InChI=1S/C20H25N3O3/c1-25-18-5-2-6-19(12-18)26-15-20(24)22-13-16-7-10-23(11-8-16)17-4-3-9-21-14-17/h2-6,9,12,14,16H,7-8,10-11,13,15H2,1H3,(H,22,24). The minimum Gasteiger partial charge on any atom is -0.497 e. The van der Waals surface area contributed by atoms with E-state index in [0.29, 0.717) is 24.0 Å². The Bertz CT molecular complexity index is 700. The molecule has 6 heteroatoms. The largest absolute Gasteiger partial charge is 0.497 e. The van der Waals surface area contributed by atoms with E-state index in [1.807, 2.05) is 30.5 Å². The first-order valence-electron chi connectivity index (χ1n) is 8.93. The number of carbonyl (C=O) groups is 1. The zero-order valence-corrected chi connectivity index (χ0v) is 15.1. The number of carbonyl (C=O) groups excluding carboxylic acids is 1. The Labute approximate surface area is 154 Å². The summed E-state index contributed by atoms with van der Waals surface area (Å²) in [7, 11) is 1.60. The molecule has 138 valence electrons. The van der Waals surface area contributed by atoms with Crippen molar-refractivity contribution in [1.82, 2.24) is 10.3 Å². The first kappa shape index (κ1) is 18.0. The van der Waals surface area contributed by atoms with E-state index >= 15 is 0 Å². The van der Waals surface area contributed by atoms with Gasteiger partial charge in [0.1, 0.15) is 11.5 Å². The van der Waals surface area contributed by atoms with E-state index in [1.54, 1.807) is 19.4 Å². The lowest BCUT2D eigenvalue weighted by atomic mass is 9.96. The number of rotatable bonds is 7. The molecule has 0 unspecified atom stereocenters. The van der Waals surface area contributed by atoms with Crippen molar-refractivity contribution >= 4 is 11.6 Å². The van der Waals surface area contributed by atoms with Crippen LogP contribution in [0, 0.1) is 5.92 Å². The van der Waals surface area contributed by atoms with Gasteiger partial charge in [-0.3, -0.25) is 9.78 Å². The number of hydrogen-bond donors (Lipinski definition) is 1. The summed E-state index contributed by atoms with van der Waals surface area (Å²) in [5.74, 6) is 1.75. The van der Waals surface area contributed by atoms with Crippen molar-refractivity contribution in [2.75, 3.05) is 38.3 Å². The summed E-state index contributed by atoms with van der Waals surface area (Å²) < 4.78 is 10.7. The second kappa shape index (κ2) is 9.08. The molecule has 1 aromatic heterocycles. The topological polar surface area (TPSA) is 63.7 Å². The number of benzene rings is 1. The van der Waals surface area contributed by atoms with Crippen LogP contribution >= 0.6 is 0 Å². The van der Waals surface area contributed by atoms with Crippen LogP contribution in [-0.4, -0.2) is 44.2 Å². The van der Waals surface area contributed by atoms with Gasteiger partial charge in [0, 0.05) is 31.9 Å². The Balaban J connectivity index is 1.36. The third-order valence-corrected chi connectivity index (χ3v) is 4.62. The molecule has 0 saturated carbocycles. The van der Waals surface area contributed by atoms with Gasteiger partial charge >= 0.3 is 0 Å². The van der Waals surface area contributed by atoms with Crippen molar-refractivity contribution in [2.45, 2.75) is 12.8 Å². The number of hydrogen-bond acceptors (Lipinski definition) is 5. The molecule has 0 spiro atoms. The number of methoxy groups -OCH3 is 1. The molecule has 0 bridgehead atoms. The number of amides is 1. The molecule has 26 heavy (non-hydrogen) atoms. The summed E-state index contributed by atoms with van der Waals surface area (Å²) in [5.41, 5.74) is 1.17. The zero-order chi connectivity index (χ0) is 18.2. The Kier molecular flexibility index (Phi) is 6.30. The molecule has 0 atom stereocenters. The normalized spacial score (nSPS) is 14.7. The molecule has 1 aromatic carbocycles. The van der Waals surface area contributed by atoms with Crippen LogP contribution in [0.25, 0.3) is 0 Å². The van der Waals surface area contributed by atoms with Gasteiger partial charge in [-0.15, -0.1) is 0 Å². The third kappa shape index (κ3) is 5.12. The van der Waals surface area contributed by atoms with E-state index in [1.165, 1.54) is 5.69 Å². The maximum absolute atomic E-state index is 12.0. The van der Waals surface area contributed by atoms with E-state index in [0.717, 1.165) is 25.9 Å². The molecule has 6 nitrogen and oxygen atoms in total. The molecule has 2 heterocycles. The molecule has 1 N–H and O–H groups in total. The highest BCUT2D eigenvalue weighted by molar-refractivity contribution is 5.77. The molecule has 1 aliphatic rings. The summed E-state index contributed by atoms with van der Waals surface area (Å²) >= 11 is 0. The van der Waals surface area contributed by atoms with Crippen LogP contribution in [-0.2, 0) is 4.79 Å². The fraction of sp³-hybridized carbons (Fsp3) is 0.400. The maximum atomic E-state index is 12.0. The van der Waals surface area contributed by atoms with Crippen LogP contribution in [0.5, 0.6) is 11.5 Å². The number of nitrogens with one attached hydrogen (secondary N) is 1. The quantitative estimate of drug-likeness (QED) is 0.827. The Hall–Kier alpha value is -2.76. The molecule has 1 fully saturated rings. The second-order valence-electron chi connectivity index (χ2n) is 6.41. The summed E-state index contributed by atoms with van der Waals surface area (Å²) in [6.07, 6.45) is 5.81. The van der Waals surface area contributed by atoms with Crippen molar-refractivity contribution in [3.05, 3.63) is 48.8 Å². The van der Waals surface area contributed by atoms with Gasteiger partial charge in [0.2, 0.25) is 0 Å². The highest BCUT2D eigenvalue weighted by atomic mass is 16.5. The Morgan fingerprint density at radius 3 is 2.77 bits per heavy atom. The van der Waals surface area contributed by atoms with Gasteiger partial charge in [0.25, 0.3) is 5.91 Å². The highest BCUT2D eigenvalue weighted by Crippen LogP contribution is 2.22. The fourth-order valence-corrected chi connectivity index (χ4v) is 3.09. The fourth-order valence-electron chi connectivity index (χ4n) is 3.09. The zero-order valence-electron chi connectivity index (χ0n) is 15.1. The summed E-state index contributed by atoms with van der Waals surface area (Å²) in [4.78, 5) is 18.5. The molecular weight excluding hydrogens is 330 g/mol. The molecule has 1 aliphatic heterocycles. The van der Waals surface area contributed by atoms with Crippen LogP contribution in [0.1, 0.15) is 12.8 Å². The minimum absolute atomic E-state index is 0.0156. The predicted octanol–water partition coefficient (Wildman–Crippen LogP) is 2.50. The maximum Gasteiger partial charge on any atom is 0.257 e.